The zero-order valence-corrected chi connectivity index (χ0v) is 15.9. The van der Waals surface area contributed by atoms with Gasteiger partial charge >= 0.3 is 6.18 Å². The molecule has 0 saturated carbocycles. The number of nitrogens with zero attached hydrogens (tertiary/aromatic N) is 2. The first-order valence-corrected chi connectivity index (χ1v) is 10.1. The first-order chi connectivity index (χ1) is 12.9. The summed E-state index contributed by atoms with van der Waals surface area (Å²) in [6.07, 6.45) is -1.80. The molecule has 0 saturated heterocycles. The van der Waals surface area contributed by atoms with Crippen LogP contribution in [0.2, 0.25) is 0 Å². The molecule has 1 aromatic heterocycles. The first-order valence-electron chi connectivity index (χ1n) is 9.07. The topological polar surface area (TPSA) is 46.9 Å². The molecule has 0 atom stereocenters. The molecule has 0 bridgehead atoms. The van der Waals surface area contributed by atoms with Gasteiger partial charge in [-0.1, -0.05) is 19.1 Å². The van der Waals surface area contributed by atoms with Gasteiger partial charge in [-0.2, -0.15) is 18.3 Å². The number of benzene rings is 1. The van der Waals surface area contributed by atoms with E-state index in [1.165, 1.54) is 4.68 Å². The lowest BCUT2D eigenvalue weighted by Crippen LogP contribution is -2.28. The average Bonchev–Trinajstić information content (AvgIpc) is 3.02. The number of carbonyl (C=O) groups excluding carboxylic acids is 1. The molecule has 0 aliphatic heterocycles. The minimum absolute atomic E-state index is 0.219. The van der Waals surface area contributed by atoms with Crippen LogP contribution in [0.5, 0.6) is 0 Å². The van der Waals surface area contributed by atoms with Crippen molar-refractivity contribution < 1.29 is 18.0 Å². The highest BCUT2D eigenvalue weighted by Gasteiger charge is 2.39. The summed E-state index contributed by atoms with van der Waals surface area (Å²) in [5.74, 6) is 0.632. The summed E-state index contributed by atoms with van der Waals surface area (Å²) in [4.78, 5) is 13.3. The van der Waals surface area contributed by atoms with Crippen molar-refractivity contribution in [3.63, 3.8) is 0 Å². The highest BCUT2D eigenvalue weighted by atomic mass is 32.2. The number of hydrogen-bond acceptors (Lipinski definition) is 3. The van der Waals surface area contributed by atoms with E-state index in [0.29, 0.717) is 29.7 Å². The highest BCUT2D eigenvalue weighted by molar-refractivity contribution is 7.99. The van der Waals surface area contributed by atoms with Crippen molar-refractivity contribution in [3.8, 4) is 0 Å². The van der Waals surface area contributed by atoms with Gasteiger partial charge in [0.05, 0.1) is 12.1 Å². The molecule has 3 rings (SSSR count). The SMILES string of the molecule is CCSc1ccccc1C(=O)NCCn1nc(C(F)(F)F)c2c1CCCC2. The van der Waals surface area contributed by atoms with Gasteiger partial charge in [0, 0.05) is 22.7 Å². The second-order valence-electron chi connectivity index (χ2n) is 6.39. The van der Waals surface area contributed by atoms with Gasteiger partial charge < -0.3 is 5.32 Å². The molecule has 146 valence electrons. The Hall–Kier alpha value is -1.96. The maximum Gasteiger partial charge on any atom is 0.435 e. The lowest BCUT2D eigenvalue weighted by molar-refractivity contribution is -0.142. The number of nitrogens with one attached hydrogen (secondary N) is 1. The van der Waals surface area contributed by atoms with Crippen molar-refractivity contribution in [1.29, 1.82) is 0 Å². The van der Waals surface area contributed by atoms with Crippen LogP contribution in [0.4, 0.5) is 13.2 Å². The fourth-order valence-corrected chi connectivity index (χ4v) is 4.19. The Bertz CT molecular complexity index is 817. The molecule has 1 amide bonds. The molecule has 0 fully saturated rings. The predicted molar refractivity (Wildman–Crippen MR) is 99.0 cm³/mol. The molecule has 1 aromatic carbocycles. The fourth-order valence-electron chi connectivity index (χ4n) is 3.39. The van der Waals surface area contributed by atoms with Gasteiger partial charge in [0.25, 0.3) is 5.91 Å². The van der Waals surface area contributed by atoms with Crippen LogP contribution >= 0.6 is 11.8 Å². The smallest absolute Gasteiger partial charge is 0.350 e. The molecular weight excluding hydrogens is 375 g/mol. The van der Waals surface area contributed by atoms with Crippen LogP contribution in [0, 0.1) is 0 Å². The van der Waals surface area contributed by atoms with E-state index in [0.717, 1.165) is 23.5 Å². The number of fused-ring (bicyclic) bond motifs is 1. The van der Waals surface area contributed by atoms with E-state index in [9.17, 15) is 18.0 Å². The van der Waals surface area contributed by atoms with E-state index < -0.39 is 11.9 Å². The van der Waals surface area contributed by atoms with Crippen molar-refractivity contribution in [2.45, 2.75) is 50.2 Å². The largest absolute Gasteiger partial charge is 0.435 e. The minimum atomic E-state index is -4.44. The van der Waals surface area contributed by atoms with Crippen LogP contribution in [0.15, 0.2) is 29.2 Å². The molecule has 0 radical (unpaired) electrons. The van der Waals surface area contributed by atoms with Crippen LogP contribution in [-0.4, -0.2) is 28.0 Å². The zero-order chi connectivity index (χ0) is 19.4. The number of aromatic nitrogens is 2. The average molecular weight is 397 g/mol. The summed E-state index contributed by atoms with van der Waals surface area (Å²) < 4.78 is 41.1. The molecule has 0 spiro atoms. The lowest BCUT2D eigenvalue weighted by atomic mass is 9.95. The van der Waals surface area contributed by atoms with Crippen LogP contribution < -0.4 is 5.32 Å². The molecule has 1 aliphatic rings. The quantitative estimate of drug-likeness (QED) is 0.739. The third-order valence-corrected chi connectivity index (χ3v) is 5.52. The van der Waals surface area contributed by atoms with Crippen molar-refractivity contribution in [2.75, 3.05) is 12.3 Å². The number of hydrogen-bond donors (Lipinski definition) is 1. The second-order valence-corrected chi connectivity index (χ2v) is 7.69. The Kier molecular flexibility index (Phi) is 6.14. The number of alkyl halides is 3. The Labute approximate surface area is 160 Å². The summed E-state index contributed by atoms with van der Waals surface area (Å²) >= 11 is 1.58. The third-order valence-electron chi connectivity index (χ3n) is 4.57. The molecule has 2 aromatic rings. The van der Waals surface area contributed by atoms with E-state index >= 15 is 0 Å². The van der Waals surface area contributed by atoms with Crippen molar-refractivity contribution >= 4 is 17.7 Å². The van der Waals surface area contributed by atoms with Crippen LogP contribution in [0.3, 0.4) is 0 Å². The molecule has 8 heteroatoms. The van der Waals surface area contributed by atoms with Crippen molar-refractivity contribution in [2.24, 2.45) is 0 Å². The summed E-state index contributed by atoms with van der Waals surface area (Å²) in [7, 11) is 0. The minimum Gasteiger partial charge on any atom is -0.350 e. The Balaban J connectivity index is 1.69. The third kappa shape index (κ3) is 4.48. The van der Waals surface area contributed by atoms with Crippen molar-refractivity contribution in [3.05, 3.63) is 46.8 Å². The van der Waals surface area contributed by atoms with Gasteiger partial charge in [0.2, 0.25) is 0 Å². The summed E-state index contributed by atoms with van der Waals surface area (Å²) in [6.45, 7) is 2.47. The van der Waals surface area contributed by atoms with Gasteiger partial charge in [0.1, 0.15) is 0 Å². The number of halogens is 3. The fraction of sp³-hybridized carbons (Fsp3) is 0.474. The number of thioether (sulfide) groups is 1. The molecule has 1 N–H and O–H groups in total. The number of rotatable bonds is 6. The van der Waals surface area contributed by atoms with E-state index in [1.807, 2.05) is 19.1 Å². The maximum atomic E-state index is 13.2. The second kappa shape index (κ2) is 8.37. The number of carbonyl (C=O) groups is 1. The summed E-state index contributed by atoms with van der Waals surface area (Å²) in [6, 6.07) is 7.32. The van der Waals surface area contributed by atoms with E-state index in [-0.39, 0.29) is 19.0 Å². The lowest BCUT2D eigenvalue weighted by Gasteiger charge is -2.15. The molecule has 27 heavy (non-hydrogen) atoms. The molecular formula is C19H22F3N3OS. The number of amides is 1. The summed E-state index contributed by atoms with van der Waals surface area (Å²) in [5.41, 5.74) is 0.797. The van der Waals surface area contributed by atoms with Gasteiger partial charge in [-0.15, -0.1) is 11.8 Å². The standard InChI is InChI=1S/C19H22F3N3OS/c1-2-27-16-10-6-4-8-14(16)18(26)23-11-12-25-15-9-5-3-7-13(15)17(24-25)19(20,21)22/h4,6,8,10H,2-3,5,7,9,11-12H2,1H3,(H,23,26). The van der Waals surface area contributed by atoms with Gasteiger partial charge in [0.15, 0.2) is 5.69 Å². The Morgan fingerprint density at radius 2 is 2.00 bits per heavy atom. The summed E-state index contributed by atoms with van der Waals surface area (Å²) in [5, 5.41) is 6.62. The first kappa shape index (κ1) is 19.8. The van der Waals surface area contributed by atoms with Crippen LogP contribution in [0.1, 0.15) is 47.1 Å². The predicted octanol–water partition coefficient (Wildman–Crippen LogP) is 4.32. The van der Waals surface area contributed by atoms with Crippen LogP contribution in [-0.2, 0) is 25.6 Å². The van der Waals surface area contributed by atoms with E-state index in [2.05, 4.69) is 10.4 Å². The van der Waals surface area contributed by atoms with Gasteiger partial charge in [-0.25, -0.2) is 0 Å². The van der Waals surface area contributed by atoms with Crippen molar-refractivity contribution in [1.82, 2.24) is 15.1 Å². The van der Waals surface area contributed by atoms with Gasteiger partial charge in [-0.3, -0.25) is 9.48 Å². The Morgan fingerprint density at radius 1 is 1.26 bits per heavy atom. The van der Waals surface area contributed by atoms with Gasteiger partial charge in [-0.05, 0) is 43.6 Å². The van der Waals surface area contributed by atoms with E-state index in [4.69, 9.17) is 0 Å². The monoisotopic (exact) mass is 397 g/mol. The van der Waals surface area contributed by atoms with Crippen LogP contribution in [0.25, 0.3) is 0 Å². The van der Waals surface area contributed by atoms with E-state index in [1.54, 1.807) is 23.9 Å². The Morgan fingerprint density at radius 3 is 2.74 bits per heavy atom. The normalized spacial score (nSPS) is 14.1. The molecule has 1 heterocycles. The zero-order valence-electron chi connectivity index (χ0n) is 15.1. The molecule has 0 unspecified atom stereocenters. The highest BCUT2D eigenvalue weighted by Crippen LogP contribution is 2.35. The molecule has 4 nitrogen and oxygen atoms in total. The maximum absolute atomic E-state index is 13.2. The molecule has 1 aliphatic carbocycles.